The van der Waals surface area contributed by atoms with Crippen LogP contribution in [0.4, 0.5) is 0 Å². The fourth-order valence-electron chi connectivity index (χ4n) is 0.718. The van der Waals surface area contributed by atoms with E-state index in [2.05, 4.69) is 39.5 Å². The zero-order valence-corrected chi connectivity index (χ0v) is 10.4. The minimum atomic E-state index is -0.374. The van der Waals surface area contributed by atoms with Crippen molar-refractivity contribution in [3.63, 3.8) is 0 Å². The van der Waals surface area contributed by atoms with Gasteiger partial charge in [-0.2, -0.15) is 0 Å². The number of nitrogens with zero attached hydrogens (tertiary/aromatic N) is 1. The number of hydrogen-bond donors (Lipinski definition) is 0. The smallest absolute Gasteiger partial charge is 0.342 e. The second kappa shape index (κ2) is 6.80. The summed E-state index contributed by atoms with van der Waals surface area (Å²) < 4.78 is 5.55. The van der Waals surface area contributed by atoms with Crippen LogP contribution in [0.2, 0.25) is 0 Å². The summed E-state index contributed by atoms with van der Waals surface area (Å²) in [5.74, 6) is -0.374. The molecular formula is C13H20NO2+. The van der Waals surface area contributed by atoms with Gasteiger partial charge in [0.15, 0.2) is 0 Å². The Morgan fingerprint density at radius 2 is 1.62 bits per heavy atom. The predicted octanol–water partition coefficient (Wildman–Crippen LogP) is 2.31. The number of benzene rings is 1. The molecule has 1 aromatic carbocycles. The highest BCUT2D eigenvalue weighted by molar-refractivity contribution is 5.89. The van der Waals surface area contributed by atoms with E-state index in [9.17, 15) is 4.79 Å². The van der Waals surface area contributed by atoms with Crippen molar-refractivity contribution in [1.29, 1.82) is 0 Å². The zero-order valence-electron chi connectivity index (χ0n) is 10.4. The summed E-state index contributed by atoms with van der Waals surface area (Å²) in [6, 6.07) is 8.77. The van der Waals surface area contributed by atoms with Crippen LogP contribution in [0.25, 0.3) is 0 Å². The van der Waals surface area contributed by atoms with Crippen LogP contribution in [0.5, 0.6) is 0 Å². The molecule has 0 fully saturated rings. The maximum Gasteiger partial charge on any atom is 0.342 e. The van der Waals surface area contributed by atoms with Crippen LogP contribution in [0, 0.1) is 0 Å². The van der Waals surface area contributed by atoms with Crippen LogP contribution in [0.15, 0.2) is 43.2 Å². The first kappa shape index (κ1) is 14.4. The van der Waals surface area contributed by atoms with E-state index in [0.717, 1.165) is 10.7 Å². The molecule has 1 rings (SSSR count). The lowest BCUT2D eigenvalue weighted by atomic mass is 10.2. The van der Waals surface area contributed by atoms with Gasteiger partial charge in [-0.3, -0.25) is 0 Å². The lowest BCUT2D eigenvalue weighted by molar-refractivity contribution is -0.849. The minimum absolute atomic E-state index is 0.374. The number of hydrogen-bond acceptors (Lipinski definition) is 2. The number of ether oxygens (including phenoxy) is 1. The molecule has 0 unspecified atom stereocenters. The summed E-state index contributed by atoms with van der Waals surface area (Å²) >= 11 is 0. The van der Waals surface area contributed by atoms with Crippen molar-refractivity contribution in [2.24, 2.45) is 0 Å². The number of carbonyl (C=O) groups is 1. The maximum atomic E-state index is 11.0. The first-order chi connectivity index (χ1) is 7.34. The fourth-order valence-corrected chi connectivity index (χ4v) is 0.718. The Kier molecular flexibility index (Phi) is 6.11. The number of rotatable bonds is 2. The quantitative estimate of drug-likeness (QED) is 0.436. The van der Waals surface area contributed by atoms with Gasteiger partial charge < -0.3 is 9.22 Å². The van der Waals surface area contributed by atoms with Crippen LogP contribution in [-0.2, 0) is 4.74 Å². The molecule has 0 aliphatic heterocycles. The molecule has 3 heteroatoms. The van der Waals surface area contributed by atoms with Crippen molar-refractivity contribution < 1.29 is 14.0 Å². The summed E-state index contributed by atoms with van der Waals surface area (Å²) in [6.07, 6.45) is 1.12. The first-order valence-corrected chi connectivity index (χ1v) is 5.00. The Bertz CT molecular complexity index is 320. The van der Waals surface area contributed by atoms with Gasteiger partial charge in [0.1, 0.15) is 0 Å². The maximum absolute atomic E-state index is 11.0. The van der Waals surface area contributed by atoms with E-state index in [1.807, 2.05) is 6.07 Å². The molecular weight excluding hydrogens is 202 g/mol. The molecule has 0 saturated carbocycles. The molecule has 0 radical (unpaired) electrons. The van der Waals surface area contributed by atoms with E-state index in [0.29, 0.717) is 5.56 Å². The molecule has 0 saturated heterocycles. The van der Waals surface area contributed by atoms with Crippen molar-refractivity contribution in [2.45, 2.75) is 0 Å². The normalized spacial score (nSPS) is 9.75. The molecule has 0 aromatic heterocycles. The van der Waals surface area contributed by atoms with Crippen LogP contribution in [0.1, 0.15) is 10.4 Å². The molecule has 0 aliphatic carbocycles. The van der Waals surface area contributed by atoms with Crippen molar-refractivity contribution in [3.05, 3.63) is 48.7 Å². The third-order valence-corrected chi connectivity index (χ3v) is 1.20. The van der Waals surface area contributed by atoms with Gasteiger partial charge in [0.05, 0.1) is 40.0 Å². The highest BCUT2D eigenvalue weighted by atomic mass is 16.5. The Morgan fingerprint density at radius 3 is 2.00 bits per heavy atom. The third kappa shape index (κ3) is 8.97. The van der Waals surface area contributed by atoms with E-state index in [4.69, 9.17) is 0 Å². The highest BCUT2D eigenvalue weighted by Gasteiger charge is 2.01. The van der Waals surface area contributed by atoms with Gasteiger partial charge in [-0.25, -0.2) is 4.79 Å². The fraction of sp³-hybridized carbons (Fsp3) is 0.308. The summed E-state index contributed by atoms with van der Waals surface area (Å²) in [7, 11) is 8.50. The van der Waals surface area contributed by atoms with Gasteiger partial charge in [-0.1, -0.05) is 24.8 Å². The standard InChI is InChI=1S/C9H8O2.C4H12N/c1-2-11-9(10)8-6-4-3-5-7-8;1-5(2,3)4/h2-7H,1H2;1-4H3/q;+1. The monoisotopic (exact) mass is 222 g/mol. The molecule has 0 amide bonds. The van der Waals surface area contributed by atoms with Crippen LogP contribution in [-0.4, -0.2) is 38.6 Å². The summed E-state index contributed by atoms with van der Waals surface area (Å²) in [5.41, 5.74) is 0.535. The summed E-state index contributed by atoms with van der Waals surface area (Å²) in [5, 5.41) is 0. The molecule has 0 spiro atoms. The molecule has 1 aromatic rings. The van der Waals surface area contributed by atoms with Gasteiger partial charge in [0.25, 0.3) is 0 Å². The SMILES string of the molecule is C=COC(=O)c1ccccc1.C[N+](C)(C)C. The average molecular weight is 222 g/mol. The molecule has 88 valence electrons. The Hall–Kier alpha value is -1.61. The van der Waals surface area contributed by atoms with Crippen molar-refractivity contribution >= 4 is 5.97 Å². The van der Waals surface area contributed by atoms with Crippen molar-refractivity contribution in [1.82, 2.24) is 0 Å². The predicted molar refractivity (Wildman–Crippen MR) is 66.0 cm³/mol. The van der Waals surface area contributed by atoms with Gasteiger partial charge >= 0.3 is 5.97 Å². The van der Waals surface area contributed by atoms with E-state index in [1.165, 1.54) is 0 Å². The van der Waals surface area contributed by atoms with E-state index in [1.54, 1.807) is 24.3 Å². The van der Waals surface area contributed by atoms with Gasteiger partial charge in [0.2, 0.25) is 0 Å². The second-order valence-electron chi connectivity index (χ2n) is 4.62. The number of esters is 1. The van der Waals surface area contributed by atoms with Crippen molar-refractivity contribution in [3.8, 4) is 0 Å². The van der Waals surface area contributed by atoms with Crippen molar-refractivity contribution in [2.75, 3.05) is 28.2 Å². The molecule has 3 nitrogen and oxygen atoms in total. The van der Waals surface area contributed by atoms with E-state index >= 15 is 0 Å². The van der Waals surface area contributed by atoms with Crippen LogP contribution in [0.3, 0.4) is 0 Å². The van der Waals surface area contributed by atoms with E-state index in [-0.39, 0.29) is 5.97 Å². The Labute approximate surface area is 97.5 Å². The molecule has 0 aliphatic rings. The zero-order chi connectivity index (χ0) is 12.6. The highest BCUT2D eigenvalue weighted by Crippen LogP contribution is 2.00. The summed E-state index contributed by atoms with van der Waals surface area (Å²) in [4.78, 5) is 11.0. The second-order valence-corrected chi connectivity index (χ2v) is 4.62. The molecule has 0 heterocycles. The lowest BCUT2D eigenvalue weighted by Crippen LogP contribution is -2.27. The largest absolute Gasteiger partial charge is 0.432 e. The first-order valence-electron chi connectivity index (χ1n) is 5.00. The average Bonchev–Trinajstić information content (AvgIpc) is 2.17. The topological polar surface area (TPSA) is 26.3 Å². The summed E-state index contributed by atoms with van der Waals surface area (Å²) in [6.45, 7) is 3.28. The third-order valence-electron chi connectivity index (χ3n) is 1.20. The molecule has 0 atom stereocenters. The number of quaternary nitrogens is 1. The Morgan fingerprint density at radius 1 is 1.19 bits per heavy atom. The van der Waals surface area contributed by atoms with Crippen LogP contribution >= 0.6 is 0 Å². The lowest BCUT2D eigenvalue weighted by Gasteiger charge is -2.14. The van der Waals surface area contributed by atoms with Gasteiger partial charge in [-0.15, -0.1) is 0 Å². The molecule has 0 N–H and O–H groups in total. The Balaban J connectivity index is 0.000000385. The number of carbonyl (C=O) groups excluding carboxylic acids is 1. The molecule has 0 bridgehead atoms. The minimum Gasteiger partial charge on any atom is -0.432 e. The molecule has 16 heavy (non-hydrogen) atoms. The van der Waals surface area contributed by atoms with Crippen LogP contribution < -0.4 is 0 Å². The van der Waals surface area contributed by atoms with E-state index < -0.39 is 0 Å². The van der Waals surface area contributed by atoms with Gasteiger partial charge in [-0.05, 0) is 12.1 Å². The van der Waals surface area contributed by atoms with Gasteiger partial charge in [0, 0.05) is 0 Å².